The van der Waals surface area contributed by atoms with E-state index in [0.717, 1.165) is 54.9 Å². The molecule has 1 N–H and O–H groups in total. The second-order valence-corrected chi connectivity index (χ2v) is 9.05. The van der Waals surface area contributed by atoms with Crippen molar-refractivity contribution < 1.29 is 9.84 Å². The summed E-state index contributed by atoms with van der Waals surface area (Å²) in [5, 5.41) is 11.8. The van der Waals surface area contributed by atoms with Crippen molar-refractivity contribution in [2.45, 2.75) is 57.5 Å². The Morgan fingerprint density at radius 1 is 1.19 bits per heavy atom. The van der Waals surface area contributed by atoms with Crippen LogP contribution in [0.4, 0.5) is 0 Å². The standard InChI is InChI=1S/C23H37NO2.ClH/c1-17(18-8-5-6-9-18)19-12-13-23(25,21(14-19)16-24(2)3)20-10-7-11-22(15-20)26-4;/h7,10-11,15,17-19,21,25H,5-6,8-9,12-14,16H2,1-4H3;1H. The summed E-state index contributed by atoms with van der Waals surface area (Å²) >= 11 is 0. The summed E-state index contributed by atoms with van der Waals surface area (Å²) in [6.45, 7) is 3.41. The fraction of sp³-hybridized carbons (Fsp3) is 0.739. The normalized spacial score (nSPS) is 30.1. The van der Waals surface area contributed by atoms with Crippen LogP contribution in [0.1, 0.15) is 57.4 Å². The number of halogens is 1. The van der Waals surface area contributed by atoms with E-state index < -0.39 is 5.60 Å². The zero-order valence-electron chi connectivity index (χ0n) is 17.5. The molecule has 2 aliphatic rings. The van der Waals surface area contributed by atoms with Gasteiger partial charge in [0.25, 0.3) is 0 Å². The predicted octanol–water partition coefficient (Wildman–Crippen LogP) is 5.11. The minimum Gasteiger partial charge on any atom is -0.497 e. The molecule has 4 unspecified atom stereocenters. The van der Waals surface area contributed by atoms with Crippen LogP contribution in [-0.2, 0) is 5.60 Å². The van der Waals surface area contributed by atoms with Gasteiger partial charge in [0.15, 0.2) is 0 Å². The molecule has 0 saturated heterocycles. The molecule has 154 valence electrons. The van der Waals surface area contributed by atoms with Gasteiger partial charge in [-0.05, 0) is 68.8 Å². The highest BCUT2D eigenvalue weighted by Crippen LogP contribution is 2.49. The van der Waals surface area contributed by atoms with Crippen LogP contribution in [0.15, 0.2) is 24.3 Å². The number of rotatable bonds is 6. The van der Waals surface area contributed by atoms with Crippen LogP contribution in [0, 0.1) is 23.7 Å². The molecule has 1 aromatic rings. The Labute approximate surface area is 171 Å². The second-order valence-electron chi connectivity index (χ2n) is 9.05. The van der Waals surface area contributed by atoms with Crippen LogP contribution >= 0.6 is 12.4 Å². The van der Waals surface area contributed by atoms with Crippen molar-refractivity contribution in [3.63, 3.8) is 0 Å². The first-order valence-corrected chi connectivity index (χ1v) is 10.5. The molecule has 3 nitrogen and oxygen atoms in total. The number of hydrogen-bond donors (Lipinski definition) is 1. The number of hydrogen-bond acceptors (Lipinski definition) is 3. The second kappa shape index (κ2) is 9.62. The van der Waals surface area contributed by atoms with E-state index in [4.69, 9.17) is 4.74 Å². The monoisotopic (exact) mass is 395 g/mol. The summed E-state index contributed by atoms with van der Waals surface area (Å²) in [5.41, 5.74) is 0.278. The van der Waals surface area contributed by atoms with Crippen molar-refractivity contribution in [3.8, 4) is 5.75 Å². The fourth-order valence-corrected chi connectivity index (χ4v) is 5.57. The number of ether oxygens (including phenoxy) is 1. The molecule has 0 radical (unpaired) electrons. The van der Waals surface area contributed by atoms with Gasteiger partial charge in [-0.2, -0.15) is 0 Å². The SMILES string of the molecule is COc1cccc(C2(O)CCC(C(C)C3CCCC3)CC2CN(C)C)c1.Cl. The van der Waals surface area contributed by atoms with Crippen molar-refractivity contribution in [1.82, 2.24) is 4.90 Å². The molecule has 4 heteroatoms. The Kier molecular flexibility index (Phi) is 8.03. The lowest BCUT2D eigenvalue weighted by Crippen LogP contribution is -2.46. The topological polar surface area (TPSA) is 32.7 Å². The molecular formula is C23H38ClNO2. The average molecular weight is 396 g/mol. The Hall–Kier alpha value is -0.770. The van der Waals surface area contributed by atoms with Gasteiger partial charge in [0, 0.05) is 12.5 Å². The van der Waals surface area contributed by atoms with E-state index >= 15 is 0 Å². The van der Waals surface area contributed by atoms with E-state index in [1.54, 1.807) is 7.11 Å². The van der Waals surface area contributed by atoms with E-state index in [9.17, 15) is 5.11 Å². The Morgan fingerprint density at radius 3 is 2.52 bits per heavy atom. The lowest BCUT2D eigenvalue weighted by molar-refractivity contribution is -0.0842. The molecule has 0 aliphatic heterocycles. The molecule has 2 fully saturated rings. The Balaban J connectivity index is 0.00000261. The van der Waals surface area contributed by atoms with Crippen LogP contribution in [0.3, 0.4) is 0 Å². The van der Waals surface area contributed by atoms with Crippen molar-refractivity contribution in [1.29, 1.82) is 0 Å². The van der Waals surface area contributed by atoms with Gasteiger partial charge in [-0.15, -0.1) is 12.4 Å². The van der Waals surface area contributed by atoms with Crippen molar-refractivity contribution in [3.05, 3.63) is 29.8 Å². The van der Waals surface area contributed by atoms with Crippen molar-refractivity contribution in [2.75, 3.05) is 27.7 Å². The van der Waals surface area contributed by atoms with Crippen LogP contribution in [0.2, 0.25) is 0 Å². The van der Waals surface area contributed by atoms with E-state index in [0.29, 0.717) is 0 Å². The quantitative estimate of drug-likeness (QED) is 0.726. The van der Waals surface area contributed by atoms with E-state index in [2.05, 4.69) is 32.0 Å². The van der Waals surface area contributed by atoms with Crippen LogP contribution in [-0.4, -0.2) is 37.8 Å². The summed E-state index contributed by atoms with van der Waals surface area (Å²) in [4.78, 5) is 2.23. The van der Waals surface area contributed by atoms with Crippen LogP contribution < -0.4 is 4.74 Å². The molecule has 2 saturated carbocycles. The molecular weight excluding hydrogens is 358 g/mol. The molecule has 4 atom stereocenters. The lowest BCUT2D eigenvalue weighted by atomic mass is 9.63. The highest BCUT2D eigenvalue weighted by atomic mass is 35.5. The Morgan fingerprint density at radius 2 is 1.89 bits per heavy atom. The maximum absolute atomic E-state index is 11.8. The number of methoxy groups -OCH3 is 1. The van der Waals surface area contributed by atoms with Gasteiger partial charge < -0.3 is 14.7 Å². The Bertz CT molecular complexity index is 587. The van der Waals surface area contributed by atoms with Gasteiger partial charge in [0.2, 0.25) is 0 Å². The molecule has 3 rings (SSSR count). The molecule has 0 spiro atoms. The molecule has 1 aromatic carbocycles. The first-order chi connectivity index (χ1) is 12.4. The zero-order chi connectivity index (χ0) is 18.7. The van der Waals surface area contributed by atoms with Crippen LogP contribution in [0.25, 0.3) is 0 Å². The van der Waals surface area contributed by atoms with Gasteiger partial charge in [0.05, 0.1) is 12.7 Å². The van der Waals surface area contributed by atoms with Crippen molar-refractivity contribution >= 4 is 12.4 Å². The smallest absolute Gasteiger partial charge is 0.119 e. The summed E-state index contributed by atoms with van der Waals surface area (Å²) in [5.74, 6) is 3.54. The van der Waals surface area contributed by atoms with E-state index in [1.165, 1.54) is 25.7 Å². The van der Waals surface area contributed by atoms with E-state index in [1.807, 2.05) is 18.2 Å². The van der Waals surface area contributed by atoms with E-state index in [-0.39, 0.29) is 18.3 Å². The van der Waals surface area contributed by atoms with Gasteiger partial charge in [-0.3, -0.25) is 0 Å². The average Bonchev–Trinajstić information content (AvgIpc) is 3.17. The summed E-state index contributed by atoms with van der Waals surface area (Å²) in [7, 11) is 5.94. The first kappa shape index (κ1) is 22.5. The highest BCUT2D eigenvalue weighted by molar-refractivity contribution is 5.85. The highest BCUT2D eigenvalue weighted by Gasteiger charge is 2.45. The molecule has 27 heavy (non-hydrogen) atoms. The molecule has 2 aliphatic carbocycles. The predicted molar refractivity (Wildman–Crippen MR) is 115 cm³/mol. The zero-order valence-corrected chi connectivity index (χ0v) is 18.3. The third-order valence-corrected chi connectivity index (χ3v) is 7.20. The molecule has 0 aromatic heterocycles. The van der Waals surface area contributed by atoms with Crippen LogP contribution in [0.5, 0.6) is 5.75 Å². The number of aliphatic hydroxyl groups is 1. The summed E-state index contributed by atoms with van der Waals surface area (Å²) < 4.78 is 5.41. The van der Waals surface area contributed by atoms with Gasteiger partial charge in [-0.25, -0.2) is 0 Å². The minimum atomic E-state index is -0.745. The van der Waals surface area contributed by atoms with Crippen molar-refractivity contribution in [2.24, 2.45) is 23.7 Å². The fourth-order valence-electron chi connectivity index (χ4n) is 5.57. The van der Waals surface area contributed by atoms with Gasteiger partial charge in [0.1, 0.15) is 5.75 Å². The third-order valence-electron chi connectivity index (χ3n) is 7.20. The maximum Gasteiger partial charge on any atom is 0.119 e. The van der Waals surface area contributed by atoms with Gasteiger partial charge in [-0.1, -0.05) is 44.7 Å². The molecule has 0 amide bonds. The first-order valence-electron chi connectivity index (χ1n) is 10.5. The summed E-state index contributed by atoms with van der Waals surface area (Å²) in [6, 6.07) is 8.07. The lowest BCUT2D eigenvalue weighted by Gasteiger charge is -2.46. The molecule has 0 bridgehead atoms. The maximum atomic E-state index is 11.8. The molecule has 0 heterocycles. The summed E-state index contributed by atoms with van der Waals surface area (Å²) in [6.07, 6.45) is 8.78. The number of benzene rings is 1. The third kappa shape index (κ3) is 4.99. The van der Waals surface area contributed by atoms with Gasteiger partial charge >= 0.3 is 0 Å². The number of nitrogens with zero attached hydrogens (tertiary/aromatic N) is 1. The minimum absolute atomic E-state index is 0. The largest absolute Gasteiger partial charge is 0.497 e.